The van der Waals surface area contributed by atoms with Gasteiger partial charge in [-0.25, -0.2) is 0 Å². The zero-order valence-electron chi connectivity index (χ0n) is 9.77. The highest BCUT2D eigenvalue weighted by Crippen LogP contribution is 2.28. The Balaban J connectivity index is 2.17. The molecule has 0 radical (unpaired) electrons. The van der Waals surface area contributed by atoms with Crippen molar-refractivity contribution in [1.29, 1.82) is 0 Å². The van der Waals surface area contributed by atoms with Crippen LogP contribution in [0, 0.1) is 7.14 Å². The third-order valence-corrected chi connectivity index (χ3v) is 4.49. The van der Waals surface area contributed by atoms with Crippen molar-refractivity contribution in [3.05, 3.63) is 24.8 Å². The quantitative estimate of drug-likeness (QED) is 0.656. The number of phenolic OH excluding ortho intramolecular Hbond substituents is 1. The van der Waals surface area contributed by atoms with Crippen LogP contribution in [0.1, 0.15) is 5.56 Å². The van der Waals surface area contributed by atoms with Gasteiger partial charge in [0.15, 0.2) is 0 Å². The number of aliphatic hydroxyl groups is 1. The summed E-state index contributed by atoms with van der Waals surface area (Å²) in [5, 5.41) is 19.4. The summed E-state index contributed by atoms with van der Waals surface area (Å²) in [6.45, 7) is 2.75. The van der Waals surface area contributed by atoms with Crippen molar-refractivity contribution in [1.82, 2.24) is 4.90 Å². The van der Waals surface area contributed by atoms with Crippen LogP contribution in [0.3, 0.4) is 0 Å². The van der Waals surface area contributed by atoms with Crippen LogP contribution in [0.4, 0.5) is 0 Å². The van der Waals surface area contributed by atoms with Crippen LogP contribution in [-0.2, 0) is 11.3 Å². The minimum absolute atomic E-state index is 0.0219. The summed E-state index contributed by atoms with van der Waals surface area (Å²) < 4.78 is 7.33. The Hall–Kier alpha value is 0.360. The summed E-state index contributed by atoms with van der Waals surface area (Å²) in [5.41, 5.74) is 0.909. The number of nitrogens with zero attached hydrogens (tertiary/aromatic N) is 1. The molecule has 0 spiro atoms. The molecule has 1 atom stereocenters. The minimum atomic E-state index is 0.0219. The van der Waals surface area contributed by atoms with Crippen molar-refractivity contribution in [3.8, 4) is 5.75 Å². The molecule has 0 amide bonds. The molecule has 0 saturated carbocycles. The van der Waals surface area contributed by atoms with Gasteiger partial charge in [-0.15, -0.1) is 0 Å². The van der Waals surface area contributed by atoms with Crippen molar-refractivity contribution in [2.45, 2.75) is 12.6 Å². The highest BCUT2D eigenvalue weighted by molar-refractivity contribution is 14.1. The highest BCUT2D eigenvalue weighted by Gasteiger charge is 2.23. The number of hydrogen-bond acceptors (Lipinski definition) is 4. The molecular formula is C12H15I2NO3. The summed E-state index contributed by atoms with van der Waals surface area (Å²) in [6.07, 6.45) is 0. The first-order valence-electron chi connectivity index (χ1n) is 5.71. The number of ether oxygens (including phenoxy) is 1. The first-order chi connectivity index (χ1) is 8.61. The fourth-order valence-corrected chi connectivity index (χ4v) is 3.99. The Labute approximate surface area is 134 Å². The Bertz CT molecular complexity index is 428. The first-order valence-corrected chi connectivity index (χ1v) is 7.87. The maximum Gasteiger partial charge on any atom is 0.133 e. The average molecular weight is 475 g/mol. The molecule has 0 bridgehead atoms. The summed E-state index contributed by atoms with van der Waals surface area (Å²) >= 11 is 4.38. The number of halogens is 2. The number of morpholine rings is 1. The van der Waals surface area contributed by atoms with E-state index in [9.17, 15) is 10.2 Å². The molecule has 2 rings (SSSR count). The standard InChI is InChI=1S/C12H15I2NO3/c13-9-3-8(12(17)11(14)4-9)5-15-1-2-18-7-10(15)6-16/h3-4,10,16-17H,1-2,5-7H2. The Morgan fingerprint density at radius 3 is 2.89 bits per heavy atom. The van der Waals surface area contributed by atoms with E-state index >= 15 is 0 Å². The van der Waals surface area contributed by atoms with Crippen LogP contribution >= 0.6 is 45.2 Å². The zero-order chi connectivity index (χ0) is 13.1. The second-order valence-corrected chi connectivity index (χ2v) is 6.68. The summed E-state index contributed by atoms with van der Waals surface area (Å²) in [5.74, 6) is 0.346. The van der Waals surface area contributed by atoms with Gasteiger partial charge in [0.2, 0.25) is 0 Å². The van der Waals surface area contributed by atoms with Crippen molar-refractivity contribution in [2.75, 3.05) is 26.4 Å². The largest absolute Gasteiger partial charge is 0.507 e. The lowest BCUT2D eigenvalue weighted by Crippen LogP contribution is -2.46. The number of phenols is 1. The molecule has 1 unspecified atom stereocenters. The van der Waals surface area contributed by atoms with Crippen molar-refractivity contribution < 1.29 is 14.9 Å². The van der Waals surface area contributed by atoms with E-state index in [0.29, 0.717) is 25.5 Å². The van der Waals surface area contributed by atoms with Crippen LogP contribution in [-0.4, -0.2) is 47.5 Å². The van der Waals surface area contributed by atoms with E-state index in [2.05, 4.69) is 50.1 Å². The molecule has 100 valence electrons. The molecule has 2 N–H and O–H groups in total. The number of benzene rings is 1. The van der Waals surface area contributed by atoms with Crippen LogP contribution in [0.5, 0.6) is 5.75 Å². The molecular weight excluding hydrogens is 460 g/mol. The first kappa shape index (κ1) is 14.8. The van der Waals surface area contributed by atoms with E-state index in [-0.39, 0.29) is 12.6 Å². The number of aromatic hydroxyl groups is 1. The molecule has 1 fully saturated rings. The lowest BCUT2D eigenvalue weighted by atomic mass is 10.1. The summed E-state index contributed by atoms with van der Waals surface area (Å²) in [6, 6.07) is 3.96. The molecule has 1 aliphatic heterocycles. The van der Waals surface area contributed by atoms with Crippen LogP contribution in [0.2, 0.25) is 0 Å². The highest BCUT2D eigenvalue weighted by atomic mass is 127. The van der Waals surface area contributed by atoms with Crippen molar-refractivity contribution in [2.24, 2.45) is 0 Å². The second-order valence-electron chi connectivity index (χ2n) is 4.28. The Morgan fingerprint density at radius 2 is 2.17 bits per heavy atom. The van der Waals surface area contributed by atoms with E-state index in [1.807, 2.05) is 12.1 Å². The molecule has 0 aromatic heterocycles. The third kappa shape index (κ3) is 3.47. The molecule has 4 nitrogen and oxygen atoms in total. The van der Waals surface area contributed by atoms with Gasteiger partial charge < -0.3 is 14.9 Å². The molecule has 18 heavy (non-hydrogen) atoms. The second kappa shape index (κ2) is 6.69. The number of aliphatic hydroxyl groups excluding tert-OH is 1. The van der Waals surface area contributed by atoms with Crippen molar-refractivity contribution >= 4 is 45.2 Å². The van der Waals surface area contributed by atoms with E-state index in [1.165, 1.54) is 0 Å². The Kier molecular flexibility index (Phi) is 5.48. The lowest BCUT2D eigenvalue weighted by molar-refractivity contribution is -0.0315. The van der Waals surface area contributed by atoms with Gasteiger partial charge in [-0.05, 0) is 57.3 Å². The van der Waals surface area contributed by atoms with E-state index < -0.39 is 0 Å². The molecule has 1 saturated heterocycles. The van der Waals surface area contributed by atoms with Gasteiger partial charge in [0, 0.05) is 22.2 Å². The van der Waals surface area contributed by atoms with Gasteiger partial charge >= 0.3 is 0 Å². The van der Waals surface area contributed by atoms with Gasteiger partial charge in [-0.3, -0.25) is 4.90 Å². The maximum absolute atomic E-state index is 10.1. The predicted octanol–water partition coefficient (Wildman–Crippen LogP) is 1.79. The number of rotatable bonds is 3. The van der Waals surface area contributed by atoms with Gasteiger partial charge in [0.25, 0.3) is 0 Å². The molecule has 1 aromatic carbocycles. The smallest absolute Gasteiger partial charge is 0.133 e. The minimum Gasteiger partial charge on any atom is -0.507 e. The van der Waals surface area contributed by atoms with Crippen LogP contribution in [0.15, 0.2) is 12.1 Å². The average Bonchev–Trinajstić information content (AvgIpc) is 2.36. The molecule has 1 aliphatic rings. The fourth-order valence-electron chi connectivity index (χ4n) is 2.02. The number of hydrogen-bond donors (Lipinski definition) is 2. The SMILES string of the molecule is OCC1COCCN1Cc1cc(I)cc(I)c1O. The van der Waals surface area contributed by atoms with Gasteiger partial charge in [-0.1, -0.05) is 0 Å². The molecule has 6 heteroatoms. The summed E-state index contributed by atoms with van der Waals surface area (Å²) in [7, 11) is 0. The maximum atomic E-state index is 10.1. The van der Waals surface area contributed by atoms with Crippen molar-refractivity contribution in [3.63, 3.8) is 0 Å². The van der Waals surface area contributed by atoms with E-state index in [1.54, 1.807) is 0 Å². The third-order valence-electron chi connectivity index (χ3n) is 3.04. The van der Waals surface area contributed by atoms with Gasteiger partial charge in [0.05, 0.1) is 29.4 Å². The molecule has 0 aliphatic carbocycles. The van der Waals surface area contributed by atoms with Gasteiger partial charge in [0.1, 0.15) is 5.75 Å². The molecule has 1 heterocycles. The molecule has 1 aromatic rings. The fraction of sp³-hybridized carbons (Fsp3) is 0.500. The normalized spacial score (nSPS) is 21.2. The van der Waals surface area contributed by atoms with Gasteiger partial charge in [-0.2, -0.15) is 0 Å². The zero-order valence-corrected chi connectivity index (χ0v) is 14.1. The lowest BCUT2D eigenvalue weighted by Gasteiger charge is -2.34. The van der Waals surface area contributed by atoms with Crippen LogP contribution < -0.4 is 0 Å². The van der Waals surface area contributed by atoms with E-state index in [0.717, 1.165) is 19.2 Å². The topological polar surface area (TPSA) is 52.9 Å². The van der Waals surface area contributed by atoms with Crippen LogP contribution in [0.25, 0.3) is 0 Å². The summed E-state index contributed by atoms with van der Waals surface area (Å²) in [4.78, 5) is 2.16. The predicted molar refractivity (Wildman–Crippen MR) is 85.6 cm³/mol. The Morgan fingerprint density at radius 1 is 1.39 bits per heavy atom. The monoisotopic (exact) mass is 475 g/mol. The van der Waals surface area contributed by atoms with E-state index in [4.69, 9.17) is 4.74 Å².